The summed E-state index contributed by atoms with van der Waals surface area (Å²) in [5.41, 5.74) is 2.50. The molecule has 0 spiro atoms. The average molecular weight is 241 g/mol. The molecule has 0 N–H and O–H groups in total. The Kier molecular flexibility index (Phi) is 2.44. The maximum atomic E-state index is 12.3. The summed E-state index contributed by atoms with van der Waals surface area (Å²) in [6.45, 7) is 4.52. The molecule has 0 aliphatic carbocycles. The summed E-state index contributed by atoms with van der Waals surface area (Å²) >= 11 is 0. The fourth-order valence-corrected chi connectivity index (χ4v) is 1.96. The van der Waals surface area contributed by atoms with Gasteiger partial charge in [-0.15, -0.1) is 0 Å². The average Bonchev–Trinajstić information content (AvgIpc) is 2.85. The highest BCUT2D eigenvalue weighted by atomic mass is 16.6. The van der Waals surface area contributed by atoms with Crippen LogP contribution in [-0.2, 0) is 0 Å². The summed E-state index contributed by atoms with van der Waals surface area (Å²) in [6.07, 6.45) is 4.72. The van der Waals surface area contributed by atoms with Gasteiger partial charge in [-0.3, -0.25) is 4.79 Å². The quantitative estimate of drug-likeness (QED) is 0.767. The number of benzene rings is 1. The minimum atomic E-state index is -0.0748. The SMILES string of the molecule is C=C1C=CCCN1C(=O)c1ccc2nonc2c1. The van der Waals surface area contributed by atoms with Crippen LogP contribution < -0.4 is 0 Å². The van der Waals surface area contributed by atoms with E-state index in [9.17, 15) is 4.79 Å². The molecule has 2 heterocycles. The smallest absolute Gasteiger partial charge is 0.258 e. The van der Waals surface area contributed by atoms with Gasteiger partial charge in [0, 0.05) is 17.8 Å². The molecule has 2 aromatic rings. The van der Waals surface area contributed by atoms with Crippen LogP contribution in [0.5, 0.6) is 0 Å². The van der Waals surface area contributed by atoms with E-state index in [4.69, 9.17) is 0 Å². The minimum Gasteiger partial charge on any atom is -0.309 e. The second-order valence-electron chi connectivity index (χ2n) is 4.11. The number of amides is 1. The van der Waals surface area contributed by atoms with Gasteiger partial charge in [-0.25, -0.2) is 4.63 Å². The van der Waals surface area contributed by atoms with Crippen LogP contribution in [0.1, 0.15) is 16.8 Å². The zero-order chi connectivity index (χ0) is 12.5. The molecule has 0 saturated heterocycles. The van der Waals surface area contributed by atoms with E-state index in [0.717, 1.165) is 6.42 Å². The first kappa shape index (κ1) is 10.7. The van der Waals surface area contributed by atoms with E-state index in [1.165, 1.54) is 0 Å². The topological polar surface area (TPSA) is 59.2 Å². The van der Waals surface area contributed by atoms with Gasteiger partial charge >= 0.3 is 0 Å². The Bertz CT molecular complexity index is 657. The van der Waals surface area contributed by atoms with Crippen molar-refractivity contribution in [2.75, 3.05) is 6.54 Å². The second kappa shape index (κ2) is 4.10. The van der Waals surface area contributed by atoms with Gasteiger partial charge in [-0.05, 0) is 41.0 Å². The molecule has 0 bridgehead atoms. The molecule has 90 valence electrons. The second-order valence-corrected chi connectivity index (χ2v) is 4.11. The molecule has 1 aromatic heterocycles. The van der Waals surface area contributed by atoms with Crippen molar-refractivity contribution in [3.63, 3.8) is 0 Å². The molecule has 5 nitrogen and oxygen atoms in total. The lowest BCUT2D eigenvalue weighted by atomic mass is 10.1. The number of fused-ring (bicyclic) bond motifs is 1. The molecule has 0 atom stereocenters. The fraction of sp³-hybridized carbons (Fsp3) is 0.154. The summed E-state index contributed by atoms with van der Waals surface area (Å²) in [6, 6.07) is 5.13. The van der Waals surface area contributed by atoms with Crippen molar-refractivity contribution < 1.29 is 9.42 Å². The van der Waals surface area contributed by atoms with Crippen molar-refractivity contribution in [2.24, 2.45) is 0 Å². The molecule has 1 amide bonds. The van der Waals surface area contributed by atoms with E-state index in [-0.39, 0.29) is 5.91 Å². The molecule has 18 heavy (non-hydrogen) atoms. The van der Waals surface area contributed by atoms with Crippen LogP contribution in [0.3, 0.4) is 0 Å². The largest absolute Gasteiger partial charge is 0.309 e. The number of carbonyl (C=O) groups excluding carboxylic acids is 1. The van der Waals surface area contributed by atoms with Crippen molar-refractivity contribution >= 4 is 16.9 Å². The van der Waals surface area contributed by atoms with Gasteiger partial charge in [0.2, 0.25) is 0 Å². The summed E-state index contributed by atoms with van der Waals surface area (Å²) in [4.78, 5) is 14.0. The summed E-state index contributed by atoms with van der Waals surface area (Å²) in [5, 5.41) is 7.44. The molecule has 3 rings (SSSR count). The Balaban J connectivity index is 1.96. The number of nitrogens with zero attached hydrogens (tertiary/aromatic N) is 3. The van der Waals surface area contributed by atoms with Gasteiger partial charge in [0.25, 0.3) is 5.91 Å². The Morgan fingerprint density at radius 1 is 1.33 bits per heavy atom. The zero-order valence-corrected chi connectivity index (χ0v) is 9.67. The molecular formula is C13H11N3O2. The van der Waals surface area contributed by atoms with Crippen LogP contribution in [0.25, 0.3) is 11.0 Å². The monoisotopic (exact) mass is 241 g/mol. The zero-order valence-electron chi connectivity index (χ0n) is 9.67. The Hall–Kier alpha value is -2.43. The molecule has 0 radical (unpaired) electrons. The molecule has 0 saturated carbocycles. The number of hydrogen-bond acceptors (Lipinski definition) is 4. The number of hydrogen-bond donors (Lipinski definition) is 0. The van der Waals surface area contributed by atoms with E-state index < -0.39 is 0 Å². The van der Waals surface area contributed by atoms with Crippen molar-refractivity contribution in [3.05, 3.63) is 48.2 Å². The molecule has 0 fully saturated rings. The van der Waals surface area contributed by atoms with Crippen LogP contribution in [-0.4, -0.2) is 27.7 Å². The van der Waals surface area contributed by atoms with E-state index in [1.54, 1.807) is 23.1 Å². The highest BCUT2D eigenvalue weighted by Crippen LogP contribution is 2.18. The maximum Gasteiger partial charge on any atom is 0.258 e. The highest BCUT2D eigenvalue weighted by molar-refractivity contribution is 5.98. The van der Waals surface area contributed by atoms with Gasteiger partial charge in [0.15, 0.2) is 0 Å². The van der Waals surface area contributed by atoms with Crippen LogP contribution >= 0.6 is 0 Å². The first-order chi connectivity index (χ1) is 8.75. The van der Waals surface area contributed by atoms with Gasteiger partial charge in [0.05, 0.1) is 0 Å². The lowest BCUT2D eigenvalue weighted by molar-refractivity contribution is 0.0810. The van der Waals surface area contributed by atoms with E-state index in [2.05, 4.69) is 21.5 Å². The van der Waals surface area contributed by atoms with Crippen LogP contribution in [0.15, 0.2) is 47.3 Å². The number of allylic oxidation sites excluding steroid dienone is 1. The van der Waals surface area contributed by atoms with Crippen molar-refractivity contribution in [1.82, 2.24) is 15.2 Å². The summed E-state index contributed by atoms with van der Waals surface area (Å²) in [5.74, 6) is -0.0748. The molecule has 0 unspecified atom stereocenters. The number of rotatable bonds is 1. The lowest BCUT2D eigenvalue weighted by Gasteiger charge is -2.25. The van der Waals surface area contributed by atoms with Crippen molar-refractivity contribution in [2.45, 2.75) is 6.42 Å². The number of aromatic nitrogens is 2. The third-order valence-electron chi connectivity index (χ3n) is 2.92. The summed E-state index contributed by atoms with van der Waals surface area (Å²) < 4.78 is 4.61. The molecule has 1 aliphatic heterocycles. The molecule has 1 aromatic carbocycles. The van der Waals surface area contributed by atoms with Crippen LogP contribution in [0.2, 0.25) is 0 Å². The lowest BCUT2D eigenvalue weighted by Crippen LogP contribution is -2.31. The van der Waals surface area contributed by atoms with Gasteiger partial charge < -0.3 is 4.90 Å². The third-order valence-corrected chi connectivity index (χ3v) is 2.92. The summed E-state index contributed by atoms with van der Waals surface area (Å²) in [7, 11) is 0. The van der Waals surface area contributed by atoms with Crippen molar-refractivity contribution in [1.29, 1.82) is 0 Å². The van der Waals surface area contributed by atoms with Crippen LogP contribution in [0, 0.1) is 0 Å². The normalized spacial score (nSPS) is 15.3. The Morgan fingerprint density at radius 2 is 2.17 bits per heavy atom. The minimum absolute atomic E-state index is 0.0748. The van der Waals surface area contributed by atoms with Gasteiger partial charge in [0.1, 0.15) is 11.0 Å². The van der Waals surface area contributed by atoms with E-state index in [0.29, 0.717) is 28.8 Å². The Morgan fingerprint density at radius 3 is 3.00 bits per heavy atom. The predicted octanol–water partition coefficient (Wildman–Crippen LogP) is 2.14. The van der Waals surface area contributed by atoms with E-state index >= 15 is 0 Å². The maximum absolute atomic E-state index is 12.3. The van der Waals surface area contributed by atoms with Gasteiger partial charge in [-0.1, -0.05) is 12.7 Å². The standard InChI is InChI=1S/C13H11N3O2/c1-9-4-2-3-7-16(9)13(17)10-5-6-11-12(8-10)15-18-14-11/h2,4-6,8H,1,3,7H2. The highest BCUT2D eigenvalue weighted by Gasteiger charge is 2.19. The van der Waals surface area contributed by atoms with Crippen LogP contribution in [0.4, 0.5) is 0 Å². The first-order valence-electron chi connectivity index (χ1n) is 5.65. The molecular weight excluding hydrogens is 230 g/mol. The van der Waals surface area contributed by atoms with Crippen molar-refractivity contribution in [3.8, 4) is 0 Å². The first-order valence-corrected chi connectivity index (χ1v) is 5.65. The predicted molar refractivity (Wildman–Crippen MR) is 65.7 cm³/mol. The Labute approximate surface area is 103 Å². The third kappa shape index (κ3) is 1.69. The van der Waals surface area contributed by atoms with E-state index in [1.807, 2.05) is 12.2 Å². The fourth-order valence-electron chi connectivity index (χ4n) is 1.96. The number of carbonyl (C=O) groups is 1. The van der Waals surface area contributed by atoms with Gasteiger partial charge in [-0.2, -0.15) is 0 Å². The molecule has 5 heteroatoms. The molecule has 1 aliphatic rings.